The quantitative estimate of drug-likeness (QED) is 0.753. The summed E-state index contributed by atoms with van der Waals surface area (Å²) in [5.41, 5.74) is 6.10. The molecule has 1 fully saturated rings. The van der Waals surface area contributed by atoms with Crippen molar-refractivity contribution in [2.75, 3.05) is 13.1 Å². The average molecular weight is 226 g/mol. The van der Waals surface area contributed by atoms with Crippen molar-refractivity contribution in [3.63, 3.8) is 0 Å². The van der Waals surface area contributed by atoms with E-state index in [4.69, 9.17) is 5.73 Å². The van der Waals surface area contributed by atoms with Crippen LogP contribution in [0, 0.1) is 11.8 Å². The normalized spacial score (nSPS) is 24.9. The van der Waals surface area contributed by atoms with Crippen LogP contribution in [0.25, 0.3) is 0 Å². The standard InChI is InChI=1S/C13H26N2O/c1-4-6-11-7-13(16)15(8-11)9-12(14)10(3)5-2/h10-12H,4-9,14H2,1-3H3. The molecule has 0 aromatic heterocycles. The van der Waals surface area contributed by atoms with Gasteiger partial charge in [-0.05, 0) is 18.3 Å². The van der Waals surface area contributed by atoms with Crippen molar-refractivity contribution in [3.8, 4) is 0 Å². The third kappa shape index (κ3) is 3.48. The molecule has 1 amide bonds. The average Bonchev–Trinajstić information content (AvgIpc) is 2.58. The van der Waals surface area contributed by atoms with Gasteiger partial charge >= 0.3 is 0 Å². The Balaban J connectivity index is 2.40. The summed E-state index contributed by atoms with van der Waals surface area (Å²) in [5.74, 6) is 1.37. The van der Waals surface area contributed by atoms with Gasteiger partial charge in [0.05, 0.1) is 0 Å². The monoisotopic (exact) mass is 226 g/mol. The van der Waals surface area contributed by atoms with Gasteiger partial charge in [-0.1, -0.05) is 33.6 Å². The summed E-state index contributed by atoms with van der Waals surface area (Å²) in [6, 6.07) is 0.134. The first-order valence-corrected chi connectivity index (χ1v) is 6.61. The van der Waals surface area contributed by atoms with E-state index in [0.717, 1.165) is 25.9 Å². The van der Waals surface area contributed by atoms with Crippen LogP contribution in [0.15, 0.2) is 0 Å². The number of hydrogen-bond donors (Lipinski definition) is 1. The summed E-state index contributed by atoms with van der Waals surface area (Å²) in [6.45, 7) is 8.16. The van der Waals surface area contributed by atoms with Crippen LogP contribution in [0.5, 0.6) is 0 Å². The summed E-state index contributed by atoms with van der Waals surface area (Å²) in [7, 11) is 0. The minimum atomic E-state index is 0.134. The Morgan fingerprint density at radius 2 is 2.19 bits per heavy atom. The maximum Gasteiger partial charge on any atom is 0.222 e. The van der Waals surface area contributed by atoms with Crippen LogP contribution in [0.3, 0.4) is 0 Å². The van der Waals surface area contributed by atoms with Gasteiger partial charge in [-0.15, -0.1) is 0 Å². The summed E-state index contributed by atoms with van der Waals surface area (Å²) in [6.07, 6.45) is 4.16. The third-order valence-electron chi connectivity index (χ3n) is 3.80. The van der Waals surface area contributed by atoms with Gasteiger partial charge in [0.1, 0.15) is 0 Å². The molecular weight excluding hydrogens is 200 g/mol. The van der Waals surface area contributed by atoms with Crippen LogP contribution in [-0.4, -0.2) is 29.9 Å². The van der Waals surface area contributed by atoms with Gasteiger partial charge < -0.3 is 10.6 Å². The Kier molecular flexibility index (Phi) is 5.26. The first-order chi connectivity index (χ1) is 7.58. The number of hydrogen-bond acceptors (Lipinski definition) is 2. The molecule has 1 aliphatic rings. The highest BCUT2D eigenvalue weighted by Gasteiger charge is 2.30. The predicted octanol–water partition coefficient (Wildman–Crippen LogP) is 2.01. The van der Waals surface area contributed by atoms with Crippen LogP contribution < -0.4 is 5.73 Å². The summed E-state index contributed by atoms with van der Waals surface area (Å²) >= 11 is 0. The van der Waals surface area contributed by atoms with E-state index < -0.39 is 0 Å². The van der Waals surface area contributed by atoms with E-state index in [1.54, 1.807) is 0 Å². The molecule has 0 spiro atoms. The van der Waals surface area contributed by atoms with Crippen LogP contribution in [0.1, 0.15) is 46.5 Å². The zero-order valence-electron chi connectivity index (χ0n) is 10.9. The molecule has 3 nitrogen and oxygen atoms in total. The minimum Gasteiger partial charge on any atom is -0.341 e. The van der Waals surface area contributed by atoms with E-state index in [1.165, 1.54) is 12.8 Å². The number of rotatable bonds is 6. The first kappa shape index (κ1) is 13.5. The molecule has 0 bridgehead atoms. The van der Waals surface area contributed by atoms with Crippen LogP contribution >= 0.6 is 0 Å². The Bertz CT molecular complexity index is 230. The van der Waals surface area contributed by atoms with Crippen molar-refractivity contribution in [1.29, 1.82) is 0 Å². The molecule has 1 rings (SSSR count). The van der Waals surface area contributed by atoms with Gasteiger partial charge in [-0.2, -0.15) is 0 Å². The zero-order valence-corrected chi connectivity index (χ0v) is 10.9. The van der Waals surface area contributed by atoms with E-state index in [1.807, 2.05) is 4.90 Å². The molecule has 3 unspecified atom stereocenters. The predicted molar refractivity (Wildman–Crippen MR) is 67.0 cm³/mol. The van der Waals surface area contributed by atoms with E-state index >= 15 is 0 Å². The molecule has 0 aliphatic carbocycles. The van der Waals surface area contributed by atoms with Crippen molar-refractivity contribution >= 4 is 5.91 Å². The number of nitrogens with two attached hydrogens (primary N) is 1. The lowest BCUT2D eigenvalue weighted by atomic mass is 9.99. The molecule has 0 aromatic carbocycles. The fourth-order valence-corrected chi connectivity index (χ4v) is 2.37. The molecule has 1 aliphatic heterocycles. The van der Waals surface area contributed by atoms with Gasteiger partial charge in [0.2, 0.25) is 5.91 Å². The molecule has 3 atom stereocenters. The Labute approximate surface area is 99.4 Å². The lowest BCUT2D eigenvalue weighted by Crippen LogP contribution is -2.42. The largest absolute Gasteiger partial charge is 0.341 e. The Morgan fingerprint density at radius 1 is 1.50 bits per heavy atom. The Hall–Kier alpha value is -0.570. The molecule has 16 heavy (non-hydrogen) atoms. The molecule has 3 heteroatoms. The van der Waals surface area contributed by atoms with Gasteiger partial charge in [-0.3, -0.25) is 4.79 Å². The summed E-state index contributed by atoms with van der Waals surface area (Å²) in [4.78, 5) is 13.7. The van der Waals surface area contributed by atoms with Crippen molar-refractivity contribution in [3.05, 3.63) is 0 Å². The van der Waals surface area contributed by atoms with Gasteiger partial charge in [-0.25, -0.2) is 0 Å². The van der Waals surface area contributed by atoms with Crippen LogP contribution in [-0.2, 0) is 4.79 Å². The van der Waals surface area contributed by atoms with Crippen LogP contribution in [0.2, 0.25) is 0 Å². The number of amides is 1. The zero-order chi connectivity index (χ0) is 12.1. The highest BCUT2D eigenvalue weighted by atomic mass is 16.2. The van der Waals surface area contributed by atoms with E-state index in [0.29, 0.717) is 17.7 Å². The molecule has 0 radical (unpaired) electrons. The second kappa shape index (κ2) is 6.24. The second-order valence-electron chi connectivity index (χ2n) is 5.21. The van der Waals surface area contributed by atoms with E-state index in [-0.39, 0.29) is 6.04 Å². The molecule has 0 aromatic rings. The summed E-state index contributed by atoms with van der Waals surface area (Å²) in [5, 5.41) is 0. The maximum absolute atomic E-state index is 11.8. The SMILES string of the molecule is CCCC1CC(=O)N(CC(N)C(C)CC)C1. The fraction of sp³-hybridized carbons (Fsp3) is 0.923. The third-order valence-corrected chi connectivity index (χ3v) is 3.80. The van der Waals surface area contributed by atoms with Crippen LogP contribution in [0.4, 0.5) is 0 Å². The van der Waals surface area contributed by atoms with Crippen molar-refractivity contribution < 1.29 is 4.79 Å². The van der Waals surface area contributed by atoms with E-state index in [2.05, 4.69) is 20.8 Å². The molecular formula is C13H26N2O. The van der Waals surface area contributed by atoms with Crippen molar-refractivity contribution in [1.82, 2.24) is 4.90 Å². The lowest BCUT2D eigenvalue weighted by molar-refractivity contribution is -0.128. The number of carbonyl (C=O) groups excluding carboxylic acids is 1. The van der Waals surface area contributed by atoms with Gasteiger partial charge in [0.25, 0.3) is 0 Å². The Morgan fingerprint density at radius 3 is 2.75 bits per heavy atom. The topological polar surface area (TPSA) is 46.3 Å². The maximum atomic E-state index is 11.8. The molecule has 0 saturated carbocycles. The number of nitrogens with zero attached hydrogens (tertiary/aromatic N) is 1. The first-order valence-electron chi connectivity index (χ1n) is 6.61. The van der Waals surface area contributed by atoms with Gasteiger partial charge in [0.15, 0.2) is 0 Å². The highest BCUT2D eigenvalue weighted by Crippen LogP contribution is 2.22. The fourth-order valence-electron chi connectivity index (χ4n) is 2.37. The van der Waals surface area contributed by atoms with Crippen molar-refractivity contribution in [2.24, 2.45) is 17.6 Å². The van der Waals surface area contributed by atoms with E-state index in [9.17, 15) is 4.79 Å². The smallest absolute Gasteiger partial charge is 0.222 e. The second-order valence-corrected chi connectivity index (χ2v) is 5.21. The molecule has 94 valence electrons. The number of likely N-dealkylation sites (tertiary alicyclic amines) is 1. The van der Waals surface area contributed by atoms with Crippen molar-refractivity contribution in [2.45, 2.75) is 52.5 Å². The highest BCUT2D eigenvalue weighted by molar-refractivity contribution is 5.78. The molecule has 1 saturated heterocycles. The van der Waals surface area contributed by atoms with Gasteiger partial charge in [0, 0.05) is 25.6 Å². The minimum absolute atomic E-state index is 0.134. The summed E-state index contributed by atoms with van der Waals surface area (Å²) < 4.78 is 0. The lowest BCUT2D eigenvalue weighted by Gasteiger charge is -2.25. The molecule has 2 N–H and O–H groups in total. The molecule has 1 heterocycles. The number of carbonyl (C=O) groups is 1.